The van der Waals surface area contributed by atoms with Gasteiger partial charge in [-0.2, -0.15) is 0 Å². The Bertz CT molecular complexity index is 579. The molecule has 0 aromatic carbocycles. The van der Waals surface area contributed by atoms with Crippen LogP contribution in [0.5, 0.6) is 5.88 Å². The summed E-state index contributed by atoms with van der Waals surface area (Å²) in [5.41, 5.74) is 1.68. The fourth-order valence-electron chi connectivity index (χ4n) is 2.51. The second-order valence-electron chi connectivity index (χ2n) is 4.63. The Hall–Kier alpha value is -1.33. The van der Waals surface area contributed by atoms with Crippen molar-refractivity contribution in [3.8, 4) is 5.88 Å². The Morgan fingerprint density at radius 3 is 2.95 bits per heavy atom. The van der Waals surface area contributed by atoms with Crippen LogP contribution in [0.4, 0.5) is 0 Å². The molecular formula is C13H16ClN3O2. The minimum Gasteiger partial charge on any atom is -0.479 e. The lowest BCUT2D eigenvalue weighted by molar-refractivity contribution is 0.0835. The van der Waals surface area contributed by atoms with Crippen molar-refractivity contribution in [3.63, 3.8) is 0 Å². The lowest BCUT2D eigenvalue weighted by Gasteiger charge is -2.21. The normalized spacial score (nSPS) is 16.9. The highest BCUT2D eigenvalue weighted by molar-refractivity contribution is 6.16. The molecule has 0 bridgehead atoms. The first-order valence-corrected chi connectivity index (χ1v) is 6.91. The topological polar surface area (TPSA) is 48.7 Å². The van der Waals surface area contributed by atoms with E-state index in [4.69, 9.17) is 21.1 Å². The Kier molecular flexibility index (Phi) is 3.57. The molecule has 2 aromatic rings. The molecule has 102 valence electrons. The maximum Gasteiger partial charge on any atom is 0.240 e. The molecule has 1 saturated heterocycles. The summed E-state index contributed by atoms with van der Waals surface area (Å²) in [4.78, 5) is 8.90. The van der Waals surface area contributed by atoms with Crippen LogP contribution in [0.25, 0.3) is 5.52 Å². The van der Waals surface area contributed by atoms with Gasteiger partial charge in [-0.15, -0.1) is 11.6 Å². The molecule has 1 aliphatic rings. The number of fused-ring (bicyclic) bond motifs is 1. The van der Waals surface area contributed by atoms with Crippen LogP contribution in [-0.2, 0) is 10.6 Å². The van der Waals surface area contributed by atoms with Crippen LogP contribution in [0.2, 0.25) is 0 Å². The standard InChI is InChI=1S/C13H16ClN3O2/c1-18-13-11-7-15-12(9-2-4-19-5-3-9)17(11)8-10(6-14)16-13/h7-9H,2-6H2,1H3. The average molecular weight is 282 g/mol. The van der Waals surface area contributed by atoms with Gasteiger partial charge in [-0.3, -0.25) is 4.40 Å². The summed E-state index contributed by atoms with van der Waals surface area (Å²) in [6, 6.07) is 0. The molecule has 1 fully saturated rings. The SMILES string of the molecule is COc1nc(CCl)cn2c(C3CCOCC3)ncc12. The second kappa shape index (κ2) is 5.35. The molecule has 3 rings (SSSR count). The lowest BCUT2D eigenvalue weighted by atomic mass is 10.00. The highest BCUT2D eigenvalue weighted by Crippen LogP contribution is 2.29. The molecule has 0 amide bonds. The van der Waals surface area contributed by atoms with Crippen LogP contribution in [0, 0.1) is 0 Å². The Labute approximate surface area is 116 Å². The van der Waals surface area contributed by atoms with Gasteiger partial charge < -0.3 is 9.47 Å². The highest BCUT2D eigenvalue weighted by atomic mass is 35.5. The average Bonchev–Trinajstić information content (AvgIpc) is 2.90. The van der Waals surface area contributed by atoms with Crippen molar-refractivity contribution in [2.75, 3.05) is 20.3 Å². The number of ether oxygens (including phenoxy) is 2. The smallest absolute Gasteiger partial charge is 0.240 e. The van der Waals surface area contributed by atoms with Gasteiger partial charge in [0.05, 0.1) is 24.9 Å². The van der Waals surface area contributed by atoms with Gasteiger partial charge in [-0.05, 0) is 12.8 Å². The third kappa shape index (κ3) is 2.28. The number of nitrogens with zero attached hydrogens (tertiary/aromatic N) is 3. The predicted molar refractivity (Wildman–Crippen MR) is 71.9 cm³/mol. The molecule has 1 aliphatic heterocycles. The molecule has 19 heavy (non-hydrogen) atoms. The van der Waals surface area contributed by atoms with Gasteiger partial charge in [0.2, 0.25) is 5.88 Å². The number of methoxy groups -OCH3 is 1. The summed E-state index contributed by atoms with van der Waals surface area (Å²) >= 11 is 5.89. The summed E-state index contributed by atoms with van der Waals surface area (Å²) in [6.45, 7) is 1.59. The number of hydrogen-bond donors (Lipinski definition) is 0. The van der Waals surface area contributed by atoms with Crippen molar-refractivity contribution in [2.24, 2.45) is 0 Å². The van der Waals surface area contributed by atoms with E-state index in [1.54, 1.807) is 7.11 Å². The van der Waals surface area contributed by atoms with E-state index in [2.05, 4.69) is 14.4 Å². The van der Waals surface area contributed by atoms with Crippen LogP contribution in [0.15, 0.2) is 12.4 Å². The van der Waals surface area contributed by atoms with Crippen molar-refractivity contribution in [1.29, 1.82) is 0 Å². The van der Waals surface area contributed by atoms with Crippen molar-refractivity contribution in [1.82, 2.24) is 14.4 Å². The summed E-state index contributed by atoms with van der Waals surface area (Å²) in [5, 5.41) is 0. The van der Waals surface area contributed by atoms with Crippen molar-refractivity contribution in [3.05, 3.63) is 23.9 Å². The molecule has 0 radical (unpaired) electrons. The van der Waals surface area contributed by atoms with Gasteiger partial charge in [-0.25, -0.2) is 9.97 Å². The van der Waals surface area contributed by atoms with Gasteiger partial charge in [0, 0.05) is 25.3 Å². The van der Waals surface area contributed by atoms with E-state index in [0.29, 0.717) is 17.7 Å². The maximum absolute atomic E-state index is 5.89. The van der Waals surface area contributed by atoms with Crippen LogP contribution in [0.1, 0.15) is 30.3 Å². The molecule has 0 unspecified atom stereocenters. The number of alkyl halides is 1. The first-order chi connectivity index (χ1) is 9.33. The molecule has 0 aliphatic carbocycles. The summed E-state index contributed by atoms with van der Waals surface area (Å²) in [7, 11) is 1.61. The first kappa shape index (κ1) is 12.7. The third-order valence-corrected chi connectivity index (χ3v) is 3.76. The summed E-state index contributed by atoms with van der Waals surface area (Å²) < 4.78 is 12.8. The lowest BCUT2D eigenvalue weighted by Crippen LogP contribution is -2.16. The number of hydrogen-bond acceptors (Lipinski definition) is 4. The molecule has 3 heterocycles. The number of rotatable bonds is 3. The van der Waals surface area contributed by atoms with E-state index in [0.717, 1.165) is 43.1 Å². The van der Waals surface area contributed by atoms with Crippen LogP contribution < -0.4 is 4.74 Å². The van der Waals surface area contributed by atoms with Gasteiger partial charge >= 0.3 is 0 Å². The van der Waals surface area contributed by atoms with Crippen LogP contribution in [-0.4, -0.2) is 34.7 Å². The number of imidazole rings is 1. The molecule has 0 saturated carbocycles. The molecule has 0 spiro atoms. The highest BCUT2D eigenvalue weighted by Gasteiger charge is 2.21. The Morgan fingerprint density at radius 1 is 1.47 bits per heavy atom. The van der Waals surface area contributed by atoms with Crippen molar-refractivity contribution < 1.29 is 9.47 Å². The van der Waals surface area contributed by atoms with Gasteiger partial charge in [0.25, 0.3) is 0 Å². The predicted octanol–water partition coefficient (Wildman–Crippen LogP) is 2.37. The molecule has 0 N–H and O–H groups in total. The van der Waals surface area contributed by atoms with E-state index in [-0.39, 0.29) is 0 Å². The molecule has 0 atom stereocenters. The summed E-state index contributed by atoms with van der Waals surface area (Å²) in [6.07, 6.45) is 5.76. The van der Waals surface area contributed by atoms with E-state index in [9.17, 15) is 0 Å². The van der Waals surface area contributed by atoms with E-state index in [1.807, 2.05) is 12.4 Å². The molecule has 2 aromatic heterocycles. The molecule has 5 nitrogen and oxygen atoms in total. The molecular weight excluding hydrogens is 266 g/mol. The minimum absolute atomic E-state index is 0.359. The minimum atomic E-state index is 0.359. The number of aromatic nitrogens is 3. The second-order valence-corrected chi connectivity index (χ2v) is 4.90. The van der Waals surface area contributed by atoms with E-state index in [1.165, 1.54) is 0 Å². The maximum atomic E-state index is 5.89. The largest absolute Gasteiger partial charge is 0.479 e. The zero-order chi connectivity index (χ0) is 13.2. The zero-order valence-electron chi connectivity index (χ0n) is 10.8. The van der Waals surface area contributed by atoms with Gasteiger partial charge in [0.15, 0.2) is 0 Å². The first-order valence-electron chi connectivity index (χ1n) is 6.38. The van der Waals surface area contributed by atoms with E-state index >= 15 is 0 Å². The zero-order valence-corrected chi connectivity index (χ0v) is 11.6. The van der Waals surface area contributed by atoms with Gasteiger partial charge in [0.1, 0.15) is 11.3 Å². The fourth-order valence-corrected chi connectivity index (χ4v) is 2.64. The quantitative estimate of drug-likeness (QED) is 0.811. The monoisotopic (exact) mass is 281 g/mol. The van der Waals surface area contributed by atoms with Crippen LogP contribution >= 0.6 is 11.6 Å². The number of halogens is 1. The van der Waals surface area contributed by atoms with Crippen molar-refractivity contribution in [2.45, 2.75) is 24.6 Å². The van der Waals surface area contributed by atoms with Crippen molar-refractivity contribution >= 4 is 17.1 Å². The molecule has 6 heteroatoms. The van der Waals surface area contributed by atoms with E-state index < -0.39 is 0 Å². The van der Waals surface area contributed by atoms with Gasteiger partial charge in [-0.1, -0.05) is 0 Å². The van der Waals surface area contributed by atoms with Crippen LogP contribution in [0.3, 0.4) is 0 Å². The summed E-state index contributed by atoms with van der Waals surface area (Å²) in [5.74, 6) is 2.40. The Balaban J connectivity index is 2.09. The Morgan fingerprint density at radius 2 is 2.26 bits per heavy atom. The fraction of sp³-hybridized carbons (Fsp3) is 0.538. The third-order valence-electron chi connectivity index (χ3n) is 3.48.